The highest BCUT2D eigenvalue weighted by molar-refractivity contribution is 7.15. The molecule has 0 aliphatic carbocycles. The van der Waals surface area contributed by atoms with Crippen molar-refractivity contribution in [2.75, 3.05) is 6.61 Å². The Labute approximate surface area is 177 Å². The molecule has 0 aliphatic rings. The van der Waals surface area contributed by atoms with E-state index in [4.69, 9.17) is 4.74 Å². The maximum atomic E-state index is 13.1. The molecule has 2 aromatic heterocycles. The Bertz CT molecular complexity index is 1230. The van der Waals surface area contributed by atoms with E-state index in [0.717, 1.165) is 23.3 Å². The Morgan fingerprint density at radius 1 is 1.07 bits per heavy atom. The van der Waals surface area contributed by atoms with Gasteiger partial charge in [-0.3, -0.25) is 4.79 Å². The van der Waals surface area contributed by atoms with Gasteiger partial charge in [0.1, 0.15) is 11.6 Å². The summed E-state index contributed by atoms with van der Waals surface area (Å²) in [6, 6.07) is 13.6. The molecule has 0 atom stereocenters. The van der Waals surface area contributed by atoms with Crippen LogP contribution in [-0.2, 0) is 0 Å². The lowest BCUT2D eigenvalue weighted by Gasteiger charge is -2.06. The van der Waals surface area contributed by atoms with E-state index in [0.29, 0.717) is 21.9 Å². The molecule has 0 fully saturated rings. The van der Waals surface area contributed by atoms with Crippen LogP contribution in [0.3, 0.4) is 0 Å². The van der Waals surface area contributed by atoms with Crippen LogP contribution in [0.25, 0.3) is 22.4 Å². The molecule has 0 amide bonds. The van der Waals surface area contributed by atoms with E-state index in [1.807, 2.05) is 24.3 Å². The van der Waals surface area contributed by atoms with Crippen LogP contribution in [0.4, 0.5) is 4.39 Å². The summed E-state index contributed by atoms with van der Waals surface area (Å²) in [5.74, 6) is 1.01. The van der Waals surface area contributed by atoms with E-state index in [1.165, 1.54) is 47.2 Å². The minimum Gasteiger partial charge on any atom is -0.494 e. The van der Waals surface area contributed by atoms with Crippen molar-refractivity contribution in [3.63, 3.8) is 0 Å². The first-order valence-corrected chi connectivity index (χ1v) is 10.9. The Balaban J connectivity index is 1.50. The van der Waals surface area contributed by atoms with Gasteiger partial charge in [0, 0.05) is 5.56 Å². The van der Waals surface area contributed by atoms with E-state index in [1.54, 1.807) is 18.2 Å². The fraction of sp³-hybridized carbons (Fsp3) is 0.261. The fourth-order valence-electron chi connectivity index (χ4n) is 3.09. The molecule has 0 radical (unpaired) electrons. The number of thiazole rings is 1. The maximum Gasteiger partial charge on any atom is 0.291 e. The standard InChI is InChI=1S/C23H22FN3O2S/c1-2-3-4-5-14-29-19-12-8-17(9-13-19)21-25-23-27(26-21)22(28)20(30-23)15-16-6-10-18(24)11-7-16/h6-13,15H,2-5,14H2,1H3. The summed E-state index contributed by atoms with van der Waals surface area (Å²) in [5, 5.41) is 4.37. The second-order valence-corrected chi connectivity index (χ2v) is 8.04. The summed E-state index contributed by atoms with van der Waals surface area (Å²) in [7, 11) is 0. The SMILES string of the molecule is CCCCCCOc1ccc(-c2nc3sc(=Cc4ccc(F)cc4)c(=O)n3n2)cc1. The molecule has 0 unspecified atom stereocenters. The molecule has 4 aromatic rings. The third kappa shape index (κ3) is 4.57. The summed E-state index contributed by atoms with van der Waals surface area (Å²) in [6.45, 7) is 2.90. The number of unbranched alkanes of at least 4 members (excludes halogenated alkanes) is 3. The summed E-state index contributed by atoms with van der Waals surface area (Å²) in [6.07, 6.45) is 6.40. The highest BCUT2D eigenvalue weighted by Gasteiger charge is 2.12. The van der Waals surface area contributed by atoms with Crippen LogP contribution in [0.1, 0.15) is 38.2 Å². The van der Waals surface area contributed by atoms with Gasteiger partial charge in [-0.2, -0.15) is 9.50 Å². The summed E-state index contributed by atoms with van der Waals surface area (Å²) in [4.78, 5) is 17.7. The Kier molecular flexibility index (Phi) is 6.18. The second kappa shape index (κ2) is 9.17. The topological polar surface area (TPSA) is 56.5 Å². The normalized spacial score (nSPS) is 12.0. The van der Waals surface area contributed by atoms with E-state index >= 15 is 0 Å². The highest BCUT2D eigenvalue weighted by Crippen LogP contribution is 2.20. The third-order valence-electron chi connectivity index (χ3n) is 4.73. The van der Waals surface area contributed by atoms with Crippen LogP contribution in [0.2, 0.25) is 0 Å². The smallest absolute Gasteiger partial charge is 0.291 e. The van der Waals surface area contributed by atoms with Crippen LogP contribution < -0.4 is 14.8 Å². The lowest BCUT2D eigenvalue weighted by molar-refractivity contribution is 0.305. The predicted octanol–water partition coefficient (Wildman–Crippen LogP) is 4.46. The van der Waals surface area contributed by atoms with E-state index in [2.05, 4.69) is 17.0 Å². The molecule has 2 aromatic carbocycles. The largest absolute Gasteiger partial charge is 0.494 e. The zero-order chi connectivity index (χ0) is 20.9. The number of fused-ring (bicyclic) bond motifs is 1. The molecule has 5 nitrogen and oxygen atoms in total. The zero-order valence-corrected chi connectivity index (χ0v) is 17.5. The molecule has 154 valence electrons. The molecule has 0 aliphatic heterocycles. The minimum atomic E-state index is -0.310. The van der Waals surface area contributed by atoms with Gasteiger partial charge in [-0.1, -0.05) is 49.7 Å². The average molecular weight is 424 g/mol. The quantitative estimate of drug-likeness (QED) is 0.393. The summed E-state index contributed by atoms with van der Waals surface area (Å²) < 4.78 is 20.6. The highest BCUT2D eigenvalue weighted by atomic mass is 32.1. The van der Waals surface area contributed by atoms with Gasteiger partial charge in [-0.05, 0) is 54.5 Å². The molecular weight excluding hydrogens is 401 g/mol. The van der Waals surface area contributed by atoms with Crippen molar-refractivity contribution in [3.05, 3.63) is 74.8 Å². The van der Waals surface area contributed by atoms with Crippen LogP contribution in [0.15, 0.2) is 53.3 Å². The molecule has 30 heavy (non-hydrogen) atoms. The van der Waals surface area contributed by atoms with Gasteiger partial charge in [0.05, 0.1) is 11.1 Å². The van der Waals surface area contributed by atoms with E-state index in [9.17, 15) is 9.18 Å². The molecule has 7 heteroatoms. The maximum absolute atomic E-state index is 13.1. The van der Waals surface area contributed by atoms with Crippen molar-refractivity contribution >= 4 is 22.4 Å². The van der Waals surface area contributed by atoms with Gasteiger partial charge < -0.3 is 4.74 Å². The fourth-order valence-corrected chi connectivity index (χ4v) is 3.99. The number of hydrogen-bond acceptors (Lipinski definition) is 5. The first kappa shape index (κ1) is 20.2. The second-order valence-electron chi connectivity index (χ2n) is 7.03. The van der Waals surface area contributed by atoms with Crippen LogP contribution in [-0.4, -0.2) is 21.2 Å². The Morgan fingerprint density at radius 2 is 1.83 bits per heavy atom. The molecule has 0 saturated carbocycles. The lowest BCUT2D eigenvalue weighted by Crippen LogP contribution is -2.23. The van der Waals surface area contributed by atoms with Crippen LogP contribution in [0.5, 0.6) is 5.75 Å². The van der Waals surface area contributed by atoms with Crippen LogP contribution >= 0.6 is 11.3 Å². The van der Waals surface area contributed by atoms with Gasteiger partial charge in [0.25, 0.3) is 5.56 Å². The molecule has 0 bridgehead atoms. The van der Waals surface area contributed by atoms with Crippen molar-refractivity contribution in [3.8, 4) is 17.1 Å². The molecule has 2 heterocycles. The number of rotatable bonds is 8. The molecule has 0 N–H and O–H groups in total. The van der Waals surface area contributed by atoms with Gasteiger partial charge in [0.15, 0.2) is 5.82 Å². The first-order valence-electron chi connectivity index (χ1n) is 10.0. The Hall–Kier alpha value is -3.06. The van der Waals surface area contributed by atoms with Gasteiger partial charge >= 0.3 is 0 Å². The van der Waals surface area contributed by atoms with Crippen molar-refractivity contribution in [1.82, 2.24) is 14.6 Å². The summed E-state index contributed by atoms with van der Waals surface area (Å²) in [5.41, 5.74) is 1.35. The summed E-state index contributed by atoms with van der Waals surface area (Å²) >= 11 is 1.26. The molecule has 0 spiro atoms. The minimum absolute atomic E-state index is 0.231. The number of nitrogens with zero attached hydrogens (tertiary/aromatic N) is 3. The number of aromatic nitrogens is 3. The van der Waals surface area contributed by atoms with Crippen molar-refractivity contribution in [2.45, 2.75) is 32.6 Å². The monoisotopic (exact) mass is 423 g/mol. The van der Waals surface area contributed by atoms with Crippen molar-refractivity contribution in [1.29, 1.82) is 0 Å². The van der Waals surface area contributed by atoms with Crippen molar-refractivity contribution in [2.24, 2.45) is 0 Å². The molecular formula is C23H22FN3O2S. The first-order chi connectivity index (χ1) is 14.6. The number of hydrogen-bond donors (Lipinski definition) is 0. The lowest BCUT2D eigenvalue weighted by atomic mass is 10.2. The number of halogens is 1. The van der Waals surface area contributed by atoms with Gasteiger partial charge in [0.2, 0.25) is 4.96 Å². The third-order valence-corrected chi connectivity index (χ3v) is 5.69. The average Bonchev–Trinajstić information content (AvgIpc) is 3.30. The van der Waals surface area contributed by atoms with Gasteiger partial charge in [-0.15, -0.1) is 5.10 Å². The van der Waals surface area contributed by atoms with Crippen LogP contribution in [0, 0.1) is 5.82 Å². The van der Waals surface area contributed by atoms with Crippen molar-refractivity contribution < 1.29 is 9.13 Å². The number of benzene rings is 2. The van der Waals surface area contributed by atoms with Gasteiger partial charge in [-0.25, -0.2) is 4.39 Å². The zero-order valence-electron chi connectivity index (χ0n) is 16.7. The predicted molar refractivity (Wildman–Crippen MR) is 117 cm³/mol. The molecule has 0 saturated heterocycles. The Morgan fingerprint density at radius 3 is 2.53 bits per heavy atom. The van der Waals surface area contributed by atoms with E-state index < -0.39 is 0 Å². The molecule has 4 rings (SSSR count). The number of ether oxygens (including phenoxy) is 1. The van der Waals surface area contributed by atoms with E-state index in [-0.39, 0.29) is 11.4 Å².